The van der Waals surface area contributed by atoms with Gasteiger partial charge in [-0.2, -0.15) is 0 Å². The monoisotopic (exact) mass is 360 g/mol. The van der Waals surface area contributed by atoms with Crippen LogP contribution in [0.15, 0.2) is 42.6 Å². The molecule has 1 aromatic carbocycles. The van der Waals surface area contributed by atoms with Crippen LogP contribution in [0.5, 0.6) is 5.75 Å². The maximum absolute atomic E-state index is 12.0. The van der Waals surface area contributed by atoms with Crippen LogP contribution in [0.25, 0.3) is 0 Å². The van der Waals surface area contributed by atoms with E-state index in [9.17, 15) is 4.79 Å². The number of nitrogens with zero attached hydrogens (tertiary/aromatic N) is 3. The Bertz CT molecular complexity index is 698. The highest BCUT2D eigenvalue weighted by atomic mass is 35.5. The van der Waals surface area contributed by atoms with Crippen LogP contribution < -0.4 is 15.0 Å². The average Bonchev–Trinajstić information content (AvgIpc) is 2.63. The van der Waals surface area contributed by atoms with Gasteiger partial charge in [-0.25, -0.2) is 4.98 Å². The van der Waals surface area contributed by atoms with E-state index < -0.39 is 0 Å². The van der Waals surface area contributed by atoms with Crippen LogP contribution in [-0.2, 0) is 4.79 Å². The molecule has 1 amide bonds. The Kier molecular flexibility index (Phi) is 5.73. The fourth-order valence-corrected chi connectivity index (χ4v) is 2.70. The average molecular weight is 361 g/mol. The van der Waals surface area contributed by atoms with Crippen LogP contribution in [0.1, 0.15) is 0 Å². The maximum Gasteiger partial charge on any atom is 0.263 e. The van der Waals surface area contributed by atoms with Gasteiger partial charge < -0.3 is 19.9 Å². The highest BCUT2D eigenvalue weighted by molar-refractivity contribution is 6.30. The molecule has 0 radical (unpaired) electrons. The normalized spacial score (nSPS) is 15.0. The number of pyridine rings is 1. The molecule has 7 heteroatoms. The minimum Gasteiger partial charge on any atom is -0.484 e. The van der Waals surface area contributed by atoms with Gasteiger partial charge in [0.2, 0.25) is 0 Å². The fourth-order valence-electron chi connectivity index (χ4n) is 2.57. The second-order valence-corrected chi connectivity index (χ2v) is 6.42. The van der Waals surface area contributed by atoms with E-state index >= 15 is 0 Å². The molecule has 0 bridgehead atoms. The fraction of sp³-hybridized carbons (Fsp3) is 0.333. The van der Waals surface area contributed by atoms with Crippen molar-refractivity contribution in [3.63, 3.8) is 0 Å². The van der Waals surface area contributed by atoms with E-state index in [1.165, 1.54) is 0 Å². The highest BCUT2D eigenvalue weighted by Crippen LogP contribution is 2.17. The number of anilines is 2. The molecule has 1 aliphatic heterocycles. The molecule has 0 aliphatic carbocycles. The van der Waals surface area contributed by atoms with Crippen molar-refractivity contribution in [1.29, 1.82) is 0 Å². The summed E-state index contributed by atoms with van der Waals surface area (Å²) < 4.78 is 5.41. The summed E-state index contributed by atoms with van der Waals surface area (Å²) in [5, 5.41) is 3.36. The zero-order valence-corrected chi connectivity index (χ0v) is 14.9. The molecular weight excluding hydrogens is 340 g/mol. The number of aromatic nitrogens is 1. The number of hydrogen-bond acceptors (Lipinski definition) is 5. The van der Waals surface area contributed by atoms with Gasteiger partial charge in [0.1, 0.15) is 11.6 Å². The lowest BCUT2D eigenvalue weighted by Gasteiger charge is -2.33. The molecule has 1 aliphatic rings. The Morgan fingerprint density at radius 3 is 2.52 bits per heavy atom. The number of piperazine rings is 1. The number of rotatable bonds is 5. The molecule has 25 heavy (non-hydrogen) atoms. The second kappa shape index (κ2) is 8.18. The summed E-state index contributed by atoms with van der Waals surface area (Å²) in [5.74, 6) is 0.857. The molecule has 1 fully saturated rings. The molecule has 0 saturated carbocycles. The summed E-state index contributed by atoms with van der Waals surface area (Å²) in [6, 6.07) is 10.7. The van der Waals surface area contributed by atoms with Gasteiger partial charge >= 0.3 is 0 Å². The van der Waals surface area contributed by atoms with E-state index in [0.29, 0.717) is 16.6 Å². The molecule has 1 N–H and O–H groups in total. The highest BCUT2D eigenvalue weighted by Gasteiger charge is 2.14. The second-order valence-electron chi connectivity index (χ2n) is 5.98. The van der Waals surface area contributed by atoms with E-state index in [1.807, 2.05) is 12.1 Å². The number of carbonyl (C=O) groups excluding carboxylic acids is 1. The number of ether oxygens (including phenoxy) is 1. The van der Waals surface area contributed by atoms with Crippen LogP contribution in [0.2, 0.25) is 5.02 Å². The van der Waals surface area contributed by atoms with Gasteiger partial charge in [0.25, 0.3) is 5.91 Å². The number of hydrogen-bond donors (Lipinski definition) is 1. The smallest absolute Gasteiger partial charge is 0.263 e. The Labute approximate surface area is 152 Å². The summed E-state index contributed by atoms with van der Waals surface area (Å²) in [4.78, 5) is 20.9. The Morgan fingerprint density at radius 2 is 1.88 bits per heavy atom. The quantitative estimate of drug-likeness (QED) is 0.887. The van der Waals surface area contributed by atoms with E-state index in [2.05, 4.69) is 27.1 Å². The van der Waals surface area contributed by atoms with Gasteiger partial charge in [-0.3, -0.25) is 4.79 Å². The SMILES string of the molecule is CN1CCN(c2ccc(NC(=O)COc3ccc(Cl)cc3)nc2)CC1. The van der Waals surface area contributed by atoms with Crippen LogP contribution in [0.3, 0.4) is 0 Å². The number of nitrogens with one attached hydrogen (secondary N) is 1. The van der Waals surface area contributed by atoms with Crippen molar-refractivity contribution < 1.29 is 9.53 Å². The van der Waals surface area contributed by atoms with Crippen LogP contribution in [0, 0.1) is 0 Å². The van der Waals surface area contributed by atoms with E-state index in [4.69, 9.17) is 16.3 Å². The first-order valence-corrected chi connectivity index (χ1v) is 8.56. The molecule has 0 atom stereocenters. The summed E-state index contributed by atoms with van der Waals surface area (Å²) >= 11 is 5.81. The number of amides is 1. The minimum atomic E-state index is -0.255. The van der Waals surface area contributed by atoms with E-state index in [1.54, 1.807) is 30.5 Å². The predicted octanol–water partition coefficient (Wildman–Crippen LogP) is 2.50. The maximum atomic E-state index is 12.0. The standard InChI is InChI=1S/C18H21ClN4O2/c1-22-8-10-23(11-9-22)15-4-7-17(20-12-15)21-18(24)13-25-16-5-2-14(19)3-6-16/h2-7,12H,8-11,13H2,1H3,(H,20,21,24). The van der Waals surface area contributed by atoms with Gasteiger partial charge in [0, 0.05) is 31.2 Å². The van der Waals surface area contributed by atoms with Crippen molar-refractivity contribution in [2.75, 3.05) is 50.1 Å². The van der Waals surface area contributed by atoms with Crippen LogP contribution in [-0.4, -0.2) is 55.6 Å². The lowest BCUT2D eigenvalue weighted by Crippen LogP contribution is -2.44. The van der Waals surface area contributed by atoms with Gasteiger partial charge in [0.15, 0.2) is 6.61 Å². The summed E-state index contributed by atoms with van der Waals surface area (Å²) in [5.41, 5.74) is 1.07. The molecule has 1 aromatic heterocycles. The predicted molar refractivity (Wildman–Crippen MR) is 99.5 cm³/mol. The van der Waals surface area contributed by atoms with Crippen molar-refractivity contribution in [3.05, 3.63) is 47.6 Å². The molecule has 1 saturated heterocycles. The lowest BCUT2D eigenvalue weighted by molar-refractivity contribution is -0.118. The zero-order chi connectivity index (χ0) is 17.6. The number of benzene rings is 1. The van der Waals surface area contributed by atoms with Gasteiger partial charge in [0.05, 0.1) is 11.9 Å². The molecule has 6 nitrogen and oxygen atoms in total. The lowest BCUT2D eigenvalue weighted by atomic mass is 10.3. The Morgan fingerprint density at radius 1 is 1.16 bits per heavy atom. The first kappa shape index (κ1) is 17.5. The molecule has 2 heterocycles. The topological polar surface area (TPSA) is 57.7 Å². The Hall–Kier alpha value is -2.31. The number of carbonyl (C=O) groups is 1. The van der Waals surface area contributed by atoms with Crippen molar-refractivity contribution in [2.45, 2.75) is 0 Å². The minimum absolute atomic E-state index is 0.0798. The van der Waals surface area contributed by atoms with Crippen LogP contribution >= 0.6 is 11.6 Å². The number of halogens is 1. The summed E-state index contributed by atoms with van der Waals surface area (Å²) in [7, 11) is 2.13. The van der Waals surface area contributed by atoms with Crippen molar-refractivity contribution in [2.24, 2.45) is 0 Å². The largest absolute Gasteiger partial charge is 0.484 e. The zero-order valence-electron chi connectivity index (χ0n) is 14.1. The van der Waals surface area contributed by atoms with Crippen molar-refractivity contribution in [1.82, 2.24) is 9.88 Å². The Balaban J connectivity index is 1.49. The van der Waals surface area contributed by atoms with E-state index in [0.717, 1.165) is 31.9 Å². The summed E-state index contributed by atoms with van der Waals surface area (Å²) in [6.45, 7) is 3.97. The van der Waals surface area contributed by atoms with E-state index in [-0.39, 0.29) is 12.5 Å². The molecule has 2 aromatic rings. The molecule has 3 rings (SSSR count). The molecular formula is C18H21ClN4O2. The van der Waals surface area contributed by atoms with Crippen LogP contribution in [0.4, 0.5) is 11.5 Å². The number of likely N-dealkylation sites (N-methyl/N-ethyl adjacent to an activating group) is 1. The summed E-state index contributed by atoms with van der Waals surface area (Å²) in [6.07, 6.45) is 1.79. The molecule has 132 valence electrons. The van der Waals surface area contributed by atoms with Gasteiger partial charge in [-0.05, 0) is 43.4 Å². The first-order valence-electron chi connectivity index (χ1n) is 8.18. The van der Waals surface area contributed by atoms with Crippen molar-refractivity contribution in [3.8, 4) is 5.75 Å². The third-order valence-corrected chi connectivity index (χ3v) is 4.32. The van der Waals surface area contributed by atoms with Crippen molar-refractivity contribution >= 4 is 29.0 Å². The first-order chi connectivity index (χ1) is 12.1. The van der Waals surface area contributed by atoms with Gasteiger partial charge in [-0.1, -0.05) is 11.6 Å². The third-order valence-electron chi connectivity index (χ3n) is 4.07. The molecule has 0 spiro atoms. The molecule has 0 unspecified atom stereocenters. The third kappa shape index (κ3) is 5.08. The van der Waals surface area contributed by atoms with Gasteiger partial charge in [-0.15, -0.1) is 0 Å².